The smallest absolute Gasteiger partial charge is 0.267 e. The molecule has 1 aromatic carbocycles. The Bertz CT molecular complexity index is 1180. The van der Waals surface area contributed by atoms with Gasteiger partial charge in [0.1, 0.15) is 5.56 Å². The Labute approximate surface area is 185 Å². The number of nitrogens with zero attached hydrogens (tertiary/aromatic N) is 2. The minimum absolute atomic E-state index is 0.0339. The van der Waals surface area contributed by atoms with Crippen molar-refractivity contribution in [3.05, 3.63) is 88.6 Å². The molecule has 7 heteroatoms. The summed E-state index contributed by atoms with van der Waals surface area (Å²) >= 11 is 0. The van der Waals surface area contributed by atoms with E-state index in [0.29, 0.717) is 17.8 Å². The van der Waals surface area contributed by atoms with Crippen molar-refractivity contribution >= 4 is 11.6 Å². The average Bonchev–Trinajstić information content (AvgIpc) is 3.29. The molecule has 5 rings (SSSR count). The van der Waals surface area contributed by atoms with Crippen LogP contribution in [0.25, 0.3) is 5.69 Å². The molecule has 164 valence electrons. The number of hydrogen-bond acceptors (Lipinski definition) is 5. The first-order chi connectivity index (χ1) is 15.6. The van der Waals surface area contributed by atoms with Gasteiger partial charge in [-0.15, -0.1) is 0 Å². The van der Waals surface area contributed by atoms with Gasteiger partial charge in [0.15, 0.2) is 0 Å². The first-order valence-electron chi connectivity index (χ1n) is 11.0. The lowest BCUT2D eigenvalue weighted by Gasteiger charge is -2.37. The zero-order valence-corrected chi connectivity index (χ0v) is 17.6. The molecule has 2 aromatic heterocycles. The molecule has 0 spiro atoms. The second-order valence-corrected chi connectivity index (χ2v) is 8.41. The second kappa shape index (κ2) is 8.68. The molecule has 2 aliphatic rings. The SMILES string of the molecule is O=C(Nc1cnccc1C1CC(O)C2CCCC2O1)c1cccn(-c2ccccc2)c1=O. The van der Waals surface area contributed by atoms with Gasteiger partial charge in [-0.3, -0.25) is 19.1 Å². The lowest BCUT2D eigenvalue weighted by Crippen LogP contribution is -2.38. The summed E-state index contributed by atoms with van der Waals surface area (Å²) < 4.78 is 7.73. The van der Waals surface area contributed by atoms with E-state index in [0.717, 1.165) is 24.8 Å². The Morgan fingerprint density at radius 2 is 1.97 bits per heavy atom. The van der Waals surface area contributed by atoms with Crippen molar-refractivity contribution in [3.8, 4) is 5.69 Å². The molecular weight excluding hydrogens is 406 g/mol. The Morgan fingerprint density at radius 3 is 2.81 bits per heavy atom. The summed E-state index contributed by atoms with van der Waals surface area (Å²) in [6, 6.07) is 14.1. The second-order valence-electron chi connectivity index (χ2n) is 8.41. The van der Waals surface area contributed by atoms with E-state index in [-0.39, 0.29) is 23.7 Å². The quantitative estimate of drug-likeness (QED) is 0.660. The van der Waals surface area contributed by atoms with Gasteiger partial charge in [0.05, 0.1) is 30.2 Å². The van der Waals surface area contributed by atoms with Crippen LogP contribution in [-0.2, 0) is 4.74 Å². The highest BCUT2D eigenvalue weighted by Crippen LogP contribution is 2.43. The van der Waals surface area contributed by atoms with E-state index < -0.39 is 17.6 Å². The van der Waals surface area contributed by atoms with Gasteiger partial charge < -0.3 is 15.2 Å². The number of anilines is 1. The number of nitrogens with one attached hydrogen (secondary N) is 1. The van der Waals surface area contributed by atoms with Crippen molar-refractivity contribution in [1.82, 2.24) is 9.55 Å². The van der Waals surface area contributed by atoms with Gasteiger partial charge in [0.2, 0.25) is 0 Å². The van der Waals surface area contributed by atoms with Crippen molar-refractivity contribution in [2.45, 2.75) is 44.0 Å². The summed E-state index contributed by atoms with van der Waals surface area (Å²) in [5.41, 5.74) is 1.56. The minimum atomic E-state index is -0.510. The molecular formula is C25H25N3O4. The number of hydrogen-bond donors (Lipinski definition) is 2. The summed E-state index contributed by atoms with van der Waals surface area (Å²) in [7, 11) is 0. The van der Waals surface area contributed by atoms with Crippen LogP contribution in [0.2, 0.25) is 0 Å². The molecule has 2 N–H and O–H groups in total. The third kappa shape index (κ3) is 3.85. The highest BCUT2D eigenvalue weighted by molar-refractivity contribution is 6.04. The van der Waals surface area contributed by atoms with Crippen LogP contribution >= 0.6 is 0 Å². The summed E-state index contributed by atoms with van der Waals surface area (Å²) in [5.74, 6) is -0.323. The molecule has 32 heavy (non-hydrogen) atoms. The highest BCUT2D eigenvalue weighted by atomic mass is 16.5. The molecule has 1 aliphatic carbocycles. The Balaban J connectivity index is 1.41. The van der Waals surface area contributed by atoms with Crippen molar-refractivity contribution < 1.29 is 14.6 Å². The topological polar surface area (TPSA) is 93.4 Å². The maximum atomic E-state index is 13.1. The molecule has 1 amide bonds. The summed E-state index contributed by atoms with van der Waals surface area (Å²) in [6.07, 6.45) is 7.57. The van der Waals surface area contributed by atoms with Crippen LogP contribution in [0, 0.1) is 5.92 Å². The van der Waals surface area contributed by atoms with Crippen LogP contribution in [-0.4, -0.2) is 32.8 Å². The minimum Gasteiger partial charge on any atom is -0.393 e. The monoisotopic (exact) mass is 431 g/mol. The normalized spacial score (nSPS) is 24.7. The number of aliphatic hydroxyl groups is 1. The third-order valence-electron chi connectivity index (χ3n) is 6.47. The van der Waals surface area contributed by atoms with Crippen LogP contribution in [0.5, 0.6) is 0 Å². The first kappa shape index (κ1) is 20.6. The standard InChI is InChI=1S/C25H25N3O4/c29-21-14-23(32-22-10-4-8-18(21)22)17-11-12-26-15-20(17)27-24(30)19-9-5-13-28(25(19)31)16-6-2-1-3-7-16/h1-3,5-7,9,11-13,15,18,21-23,29H,4,8,10,14H2,(H,27,30). The van der Waals surface area contributed by atoms with Gasteiger partial charge in [0.25, 0.3) is 11.5 Å². The van der Waals surface area contributed by atoms with Crippen molar-refractivity contribution in [2.24, 2.45) is 5.92 Å². The molecule has 1 aliphatic heterocycles. The summed E-state index contributed by atoms with van der Waals surface area (Å²) in [5, 5.41) is 13.5. The number of carbonyl (C=O) groups excluding carboxylic acids is 1. The zero-order chi connectivity index (χ0) is 22.1. The van der Waals surface area contributed by atoms with E-state index in [1.165, 1.54) is 10.6 Å². The van der Waals surface area contributed by atoms with Gasteiger partial charge in [-0.1, -0.05) is 24.6 Å². The Hall–Kier alpha value is -3.29. The maximum absolute atomic E-state index is 13.1. The zero-order valence-electron chi connectivity index (χ0n) is 17.6. The van der Waals surface area contributed by atoms with Crippen molar-refractivity contribution in [1.29, 1.82) is 0 Å². The van der Waals surface area contributed by atoms with Gasteiger partial charge in [-0.25, -0.2) is 0 Å². The number of aromatic nitrogens is 2. The van der Waals surface area contributed by atoms with Crippen LogP contribution in [0.4, 0.5) is 5.69 Å². The highest BCUT2D eigenvalue weighted by Gasteiger charge is 2.41. The largest absolute Gasteiger partial charge is 0.393 e. The molecule has 4 unspecified atom stereocenters. The van der Waals surface area contributed by atoms with Gasteiger partial charge in [0, 0.05) is 36.0 Å². The number of benzene rings is 1. The maximum Gasteiger partial charge on any atom is 0.267 e. The Morgan fingerprint density at radius 1 is 1.12 bits per heavy atom. The molecule has 0 radical (unpaired) electrons. The number of rotatable bonds is 4. The van der Waals surface area contributed by atoms with Gasteiger partial charge >= 0.3 is 0 Å². The number of amides is 1. The fraction of sp³-hybridized carbons (Fsp3) is 0.320. The third-order valence-corrected chi connectivity index (χ3v) is 6.47. The van der Waals surface area contributed by atoms with Crippen molar-refractivity contribution in [2.75, 3.05) is 5.32 Å². The van der Waals surface area contributed by atoms with Gasteiger partial charge in [-0.05, 0) is 43.2 Å². The number of aliphatic hydroxyl groups excluding tert-OH is 1. The molecule has 1 saturated heterocycles. The molecule has 1 saturated carbocycles. The molecule has 3 heterocycles. The van der Waals surface area contributed by atoms with Gasteiger partial charge in [-0.2, -0.15) is 0 Å². The lowest BCUT2D eigenvalue weighted by molar-refractivity contribution is -0.125. The van der Waals surface area contributed by atoms with Crippen molar-refractivity contribution in [3.63, 3.8) is 0 Å². The molecule has 3 aromatic rings. The fourth-order valence-electron chi connectivity index (χ4n) is 4.86. The number of carbonyl (C=O) groups is 1. The molecule has 7 nitrogen and oxygen atoms in total. The fourth-order valence-corrected chi connectivity index (χ4v) is 4.86. The van der Waals surface area contributed by atoms with E-state index in [1.54, 1.807) is 30.7 Å². The number of pyridine rings is 2. The van der Waals surface area contributed by atoms with Crippen LogP contribution in [0.3, 0.4) is 0 Å². The van der Waals surface area contributed by atoms with Crippen LogP contribution in [0.15, 0.2) is 71.9 Å². The predicted octanol–water partition coefficient (Wildman–Crippen LogP) is 3.48. The number of ether oxygens (including phenoxy) is 1. The van der Waals surface area contributed by atoms with E-state index in [9.17, 15) is 14.7 Å². The van der Waals surface area contributed by atoms with E-state index in [4.69, 9.17) is 4.74 Å². The van der Waals surface area contributed by atoms with E-state index >= 15 is 0 Å². The number of para-hydroxylation sites is 1. The predicted molar refractivity (Wildman–Crippen MR) is 120 cm³/mol. The van der Waals surface area contributed by atoms with E-state index in [1.807, 2.05) is 30.3 Å². The Kier molecular flexibility index (Phi) is 5.59. The van der Waals surface area contributed by atoms with Crippen LogP contribution < -0.4 is 10.9 Å². The number of fused-ring (bicyclic) bond motifs is 1. The van der Waals surface area contributed by atoms with E-state index in [2.05, 4.69) is 10.3 Å². The molecule has 4 atom stereocenters. The summed E-state index contributed by atoms with van der Waals surface area (Å²) in [6.45, 7) is 0. The summed E-state index contributed by atoms with van der Waals surface area (Å²) in [4.78, 5) is 30.2. The average molecular weight is 431 g/mol. The first-order valence-corrected chi connectivity index (χ1v) is 11.0. The molecule has 0 bridgehead atoms. The van der Waals surface area contributed by atoms with Crippen LogP contribution in [0.1, 0.15) is 47.7 Å². The molecule has 2 fully saturated rings. The lowest BCUT2D eigenvalue weighted by atomic mass is 9.88.